The van der Waals surface area contributed by atoms with Crippen molar-refractivity contribution in [3.05, 3.63) is 28.8 Å². The van der Waals surface area contributed by atoms with E-state index in [1.54, 1.807) is 18.2 Å². The number of amides is 1. The first-order valence-electron chi connectivity index (χ1n) is 6.45. The van der Waals surface area contributed by atoms with Gasteiger partial charge in [0, 0.05) is 22.0 Å². The molecule has 1 aromatic rings. The number of hydrogen-bond donors (Lipinski definition) is 2. The number of thioether (sulfide) groups is 1. The van der Waals surface area contributed by atoms with Crippen LogP contribution in [-0.2, 0) is 0 Å². The van der Waals surface area contributed by atoms with E-state index in [1.807, 2.05) is 11.8 Å². The van der Waals surface area contributed by atoms with E-state index in [0.717, 1.165) is 0 Å². The van der Waals surface area contributed by atoms with E-state index in [-0.39, 0.29) is 10.7 Å². The van der Waals surface area contributed by atoms with E-state index >= 15 is 0 Å². The van der Waals surface area contributed by atoms with Gasteiger partial charge in [0.1, 0.15) is 0 Å². The summed E-state index contributed by atoms with van der Waals surface area (Å²) in [6.45, 7) is 0.693. The third-order valence-electron chi connectivity index (χ3n) is 3.78. The number of nitrogen functional groups attached to an aromatic ring is 1. The van der Waals surface area contributed by atoms with Gasteiger partial charge in [0.25, 0.3) is 5.91 Å². The lowest BCUT2D eigenvalue weighted by atomic mass is 10.1. The average Bonchev–Trinajstić information content (AvgIpc) is 2.88. The molecule has 104 valence electrons. The molecule has 0 spiro atoms. The lowest BCUT2D eigenvalue weighted by Gasteiger charge is -2.27. The van der Waals surface area contributed by atoms with Gasteiger partial charge in [-0.05, 0) is 37.3 Å². The largest absolute Gasteiger partial charge is 0.398 e. The zero-order valence-corrected chi connectivity index (χ0v) is 12.6. The van der Waals surface area contributed by atoms with E-state index in [4.69, 9.17) is 17.3 Å². The van der Waals surface area contributed by atoms with Crippen molar-refractivity contribution in [3.8, 4) is 0 Å². The van der Waals surface area contributed by atoms with Gasteiger partial charge in [0.05, 0.1) is 5.56 Å². The van der Waals surface area contributed by atoms with Crippen LogP contribution in [0.2, 0.25) is 5.02 Å². The van der Waals surface area contributed by atoms with Crippen molar-refractivity contribution in [1.82, 2.24) is 5.32 Å². The van der Waals surface area contributed by atoms with Crippen LogP contribution in [0.4, 0.5) is 5.69 Å². The summed E-state index contributed by atoms with van der Waals surface area (Å²) in [6, 6.07) is 4.97. The first-order valence-corrected chi connectivity index (χ1v) is 8.05. The maximum Gasteiger partial charge on any atom is 0.253 e. The highest BCUT2D eigenvalue weighted by Gasteiger charge is 2.33. The van der Waals surface area contributed by atoms with Crippen molar-refractivity contribution in [1.29, 1.82) is 0 Å². The van der Waals surface area contributed by atoms with Gasteiger partial charge < -0.3 is 11.1 Å². The maximum absolute atomic E-state index is 12.2. The Hall–Kier alpha value is -0.870. The summed E-state index contributed by atoms with van der Waals surface area (Å²) < 4.78 is 0.197. The number of hydrogen-bond acceptors (Lipinski definition) is 3. The summed E-state index contributed by atoms with van der Waals surface area (Å²) in [5, 5.41) is 3.53. The van der Waals surface area contributed by atoms with E-state index in [9.17, 15) is 4.79 Å². The zero-order chi connectivity index (χ0) is 13.9. The first kappa shape index (κ1) is 14.5. The summed E-state index contributed by atoms with van der Waals surface area (Å²) in [7, 11) is 0. The number of nitrogens with one attached hydrogen (secondary N) is 1. The quantitative estimate of drug-likeness (QED) is 0.838. The Kier molecular flexibility index (Phi) is 4.63. The Morgan fingerprint density at radius 3 is 2.79 bits per heavy atom. The van der Waals surface area contributed by atoms with Crippen LogP contribution in [0.15, 0.2) is 18.2 Å². The van der Waals surface area contributed by atoms with Gasteiger partial charge in [-0.3, -0.25) is 4.79 Å². The molecule has 1 fully saturated rings. The molecule has 1 aromatic carbocycles. The van der Waals surface area contributed by atoms with Crippen LogP contribution < -0.4 is 11.1 Å². The predicted octanol–water partition coefficient (Wildman–Crippen LogP) is 3.33. The molecule has 0 bridgehead atoms. The highest BCUT2D eigenvalue weighted by Crippen LogP contribution is 2.39. The third-order valence-corrected chi connectivity index (χ3v) is 5.43. The summed E-state index contributed by atoms with van der Waals surface area (Å²) in [5.74, 6) is -0.139. The standard InChI is InChI=1S/C14H19ClN2OS/c1-19-14(6-2-3-7-14)9-17-13(18)11-8-10(15)4-5-12(11)16/h4-5,8H,2-3,6-7,9,16H2,1H3,(H,17,18). The molecule has 2 rings (SSSR count). The van der Waals surface area contributed by atoms with Gasteiger partial charge >= 0.3 is 0 Å². The highest BCUT2D eigenvalue weighted by molar-refractivity contribution is 8.00. The summed E-state index contributed by atoms with van der Waals surface area (Å²) in [4.78, 5) is 12.2. The fourth-order valence-corrected chi connectivity index (χ4v) is 3.62. The summed E-state index contributed by atoms with van der Waals surface area (Å²) in [5.41, 5.74) is 6.74. The fraction of sp³-hybridized carbons (Fsp3) is 0.500. The molecule has 0 heterocycles. The molecule has 1 amide bonds. The molecule has 0 saturated heterocycles. The number of anilines is 1. The van der Waals surface area contributed by atoms with Crippen LogP contribution in [0.3, 0.4) is 0 Å². The zero-order valence-electron chi connectivity index (χ0n) is 11.0. The lowest BCUT2D eigenvalue weighted by molar-refractivity contribution is 0.0950. The second-order valence-corrected chi connectivity index (χ2v) is 6.72. The molecule has 0 aromatic heterocycles. The van der Waals surface area contributed by atoms with Crippen molar-refractivity contribution in [2.75, 3.05) is 18.5 Å². The summed E-state index contributed by atoms with van der Waals surface area (Å²) in [6.07, 6.45) is 6.94. The van der Waals surface area contributed by atoms with Gasteiger partial charge in [-0.15, -0.1) is 0 Å². The number of benzene rings is 1. The fourth-order valence-electron chi connectivity index (χ4n) is 2.53. The van der Waals surface area contributed by atoms with Crippen LogP contribution in [0.25, 0.3) is 0 Å². The van der Waals surface area contributed by atoms with E-state index < -0.39 is 0 Å². The molecule has 1 aliphatic rings. The van der Waals surface area contributed by atoms with Crippen LogP contribution in [0.1, 0.15) is 36.0 Å². The predicted molar refractivity (Wildman–Crippen MR) is 82.9 cm³/mol. The second-order valence-electron chi connectivity index (χ2n) is 5.01. The number of carbonyl (C=O) groups excluding carboxylic acids is 1. The number of carbonyl (C=O) groups is 1. The molecular weight excluding hydrogens is 280 g/mol. The van der Waals surface area contributed by atoms with Crippen LogP contribution in [0.5, 0.6) is 0 Å². The number of rotatable bonds is 4. The van der Waals surface area contributed by atoms with Crippen molar-refractivity contribution in [2.24, 2.45) is 0 Å². The van der Waals surface area contributed by atoms with Gasteiger partial charge in [-0.1, -0.05) is 24.4 Å². The van der Waals surface area contributed by atoms with Crippen LogP contribution >= 0.6 is 23.4 Å². The molecule has 0 atom stereocenters. The van der Waals surface area contributed by atoms with Gasteiger partial charge in [-0.25, -0.2) is 0 Å². The van der Waals surface area contributed by atoms with Crippen molar-refractivity contribution >= 4 is 35.0 Å². The van der Waals surface area contributed by atoms with Gasteiger partial charge in [0.2, 0.25) is 0 Å². The minimum Gasteiger partial charge on any atom is -0.398 e. The highest BCUT2D eigenvalue weighted by atomic mass is 35.5. The molecule has 0 unspecified atom stereocenters. The lowest BCUT2D eigenvalue weighted by Crippen LogP contribution is -2.38. The molecule has 0 aliphatic heterocycles. The third kappa shape index (κ3) is 3.37. The van der Waals surface area contributed by atoms with E-state index in [2.05, 4.69) is 11.6 Å². The number of halogens is 1. The Morgan fingerprint density at radius 2 is 2.16 bits per heavy atom. The number of nitrogens with two attached hydrogens (primary N) is 1. The first-order chi connectivity index (χ1) is 9.06. The van der Waals surface area contributed by atoms with Crippen LogP contribution in [0, 0.1) is 0 Å². The van der Waals surface area contributed by atoms with E-state index in [0.29, 0.717) is 22.8 Å². The Labute approximate surface area is 123 Å². The molecule has 0 radical (unpaired) electrons. The van der Waals surface area contributed by atoms with Gasteiger partial charge in [-0.2, -0.15) is 11.8 Å². The molecule has 1 aliphatic carbocycles. The molecule has 5 heteroatoms. The Bertz CT molecular complexity index is 473. The van der Waals surface area contributed by atoms with Crippen molar-refractivity contribution in [2.45, 2.75) is 30.4 Å². The molecule has 1 saturated carbocycles. The normalized spacial score (nSPS) is 17.4. The minimum absolute atomic E-state index is 0.139. The monoisotopic (exact) mass is 298 g/mol. The smallest absolute Gasteiger partial charge is 0.253 e. The molecule has 19 heavy (non-hydrogen) atoms. The molecule has 3 nitrogen and oxygen atoms in total. The average molecular weight is 299 g/mol. The van der Waals surface area contributed by atoms with Crippen molar-refractivity contribution < 1.29 is 4.79 Å². The molecule has 3 N–H and O–H groups in total. The summed E-state index contributed by atoms with van der Waals surface area (Å²) >= 11 is 7.76. The Morgan fingerprint density at radius 1 is 1.47 bits per heavy atom. The Balaban J connectivity index is 2.03. The van der Waals surface area contributed by atoms with Crippen LogP contribution in [-0.4, -0.2) is 23.5 Å². The SMILES string of the molecule is CSC1(CNC(=O)c2cc(Cl)ccc2N)CCCC1. The molecular formula is C14H19ClN2OS. The second kappa shape index (κ2) is 6.06. The minimum atomic E-state index is -0.139. The van der Waals surface area contributed by atoms with Gasteiger partial charge in [0.15, 0.2) is 0 Å². The maximum atomic E-state index is 12.2. The topological polar surface area (TPSA) is 55.1 Å². The van der Waals surface area contributed by atoms with E-state index in [1.165, 1.54) is 25.7 Å². The van der Waals surface area contributed by atoms with Crippen molar-refractivity contribution in [3.63, 3.8) is 0 Å².